The van der Waals surface area contributed by atoms with E-state index < -0.39 is 11.5 Å². The molecule has 8 atom stereocenters. The molecule has 5 nitrogen and oxygen atoms in total. The highest BCUT2D eigenvalue weighted by molar-refractivity contribution is 5.89. The van der Waals surface area contributed by atoms with E-state index in [0.717, 1.165) is 44.9 Å². The topological polar surface area (TPSA) is 71.2 Å². The van der Waals surface area contributed by atoms with Gasteiger partial charge in [0.25, 0.3) is 0 Å². The summed E-state index contributed by atoms with van der Waals surface area (Å²) in [7, 11) is 1.40. The van der Waals surface area contributed by atoms with Gasteiger partial charge in [-0.15, -0.1) is 0 Å². The Kier molecular flexibility index (Phi) is 6.72. The van der Waals surface area contributed by atoms with Crippen molar-refractivity contribution in [3.8, 4) is 0 Å². The smallest absolute Gasteiger partial charge is 0.328 e. The lowest BCUT2D eigenvalue weighted by Gasteiger charge is -2.70. The molecule has 2 N–H and O–H groups in total. The predicted molar refractivity (Wildman–Crippen MR) is 181 cm³/mol. The van der Waals surface area contributed by atoms with Gasteiger partial charge >= 0.3 is 5.97 Å². The first kappa shape index (κ1) is 31.1. The van der Waals surface area contributed by atoms with Gasteiger partial charge in [-0.1, -0.05) is 78.3 Å². The molecule has 1 aromatic heterocycles. The van der Waals surface area contributed by atoms with E-state index in [4.69, 9.17) is 4.74 Å². The summed E-state index contributed by atoms with van der Waals surface area (Å²) in [5.74, 6) is 1.09. The minimum Gasteiger partial charge on any atom is -0.467 e. The van der Waals surface area contributed by atoms with Crippen LogP contribution in [0.15, 0.2) is 35.9 Å². The molecule has 5 aliphatic carbocycles. The number of fused-ring (bicyclic) bond motifs is 10. The fourth-order valence-corrected chi connectivity index (χ4v) is 12.5. The molecule has 0 radical (unpaired) electrons. The summed E-state index contributed by atoms with van der Waals surface area (Å²) in [6.07, 6.45) is 12.2. The minimum atomic E-state index is -0.637. The normalized spacial score (nSPS) is 40.0. The molecule has 244 valence electrons. The van der Waals surface area contributed by atoms with Crippen LogP contribution in [0.1, 0.15) is 118 Å². The molecule has 1 heterocycles. The number of methoxy groups -OCH3 is 1. The maximum atomic E-state index is 14.3. The van der Waals surface area contributed by atoms with E-state index in [1.54, 1.807) is 18.1 Å². The highest BCUT2D eigenvalue weighted by Crippen LogP contribution is 2.75. The van der Waals surface area contributed by atoms with Crippen LogP contribution in [0.25, 0.3) is 10.9 Å². The number of carbonyl (C=O) groups is 2. The van der Waals surface area contributed by atoms with Gasteiger partial charge in [0.05, 0.1) is 12.5 Å². The molecule has 3 fully saturated rings. The second-order valence-corrected chi connectivity index (χ2v) is 18.0. The SMILES string of the molecule is COC(=O)[C@H](C)NC(=O)[C@]12CCC(C)(C)C[C@H]1C1=CC[C@@H]3[C@@]4(C)Cc5c([nH]c6ccccc56)C(C)(C)[C@@H]4CC[C@@]3(C)[C@]1(C)CC2. The van der Waals surface area contributed by atoms with Crippen molar-refractivity contribution in [3.63, 3.8) is 0 Å². The molecule has 0 bridgehead atoms. The Morgan fingerprint density at radius 3 is 2.40 bits per heavy atom. The molecule has 0 aliphatic heterocycles. The molecule has 5 heteroatoms. The number of aromatic nitrogens is 1. The number of amides is 1. The highest BCUT2D eigenvalue weighted by atomic mass is 16.5. The number of allylic oxidation sites excluding steroid dienone is 2. The van der Waals surface area contributed by atoms with Gasteiger partial charge in [0, 0.05) is 22.0 Å². The number of para-hydroxylation sites is 1. The van der Waals surface area contributed by atoms with E-state index >= 15 is 0 Å². The lowest BCUT2D eigenvalue weighted by molar-refractivity contribution is -0.168. The van der Waals surface area contributed by atoms with E-state index in [0.29, 0.717) is 11.8 Å². The second kappa shape index (κ2) is 9.73. The van der Waals surface area contributed by atoms with Crippen molar-refractivity contribution in [2.75, 3.05) is 7.11 Å². The fourth-order valence-electron chi connectivity index (χ4n) is 12.5. The van der Waals surface area contributed by atoms with Crippen LogP contribution < -0.4 is 5.32 Å². The van der Waals surface area contributed by atoms with Crippen LogP contribution in [0.5, 0.6) is 0 Å². The standard InChI is InChI=1S/C40H56N2O3/c1-24(33(43)45-9)41-34(44)40-20-18-35(2,3)23-28(40)27-14-15-31-37(6)22-26-25-12-10-11-13-29(25)42-32(26)36(4,5)30(37)16-17-39(31,8)38(27,7)19-21-40/h10-14,24,28,30-31,42H,15-23H2,1-9H3,(H,41,44)/t24-,28-,30-,31+,37-,38+,39+,40-/m0/s1. The molecule has 5 aliphatic rings. The Labute approximate surface area is 270 Å². The number of ether oxygens (including phenoxy) is 1. The van der Waals surface area contributed by atoms with Crippen LogP contribution in [0, 0.1) is 44.8 Å². The van der Waals surface area contributed by atoms with Crippen LogP contribution in [0.3, 0.4) is 0 Å². The maximum Gasteiger partial charge on any atom is 0.328 e. The molecule has 3 saturated carbocycles. The van der Waals surface area contributed by atoms with Gasteiger partial charge in [-0.25, -0.2) is 4.79 Å². The summed E-state index contributed by atoms with van der Waals surface area (Å²) in [4.78, 5) is 30.5. The van der Waals surface area contributed by atoms with Crippen molar-refractivity contribution in [2.24, 2.45) is 44.8 Å². The van der Waals surface area contributed by atoms with Gasteiger partial charge in [0.1, 0.15) is 6.04 Å². The number of hydrogen-bond donors (Lipinski definition) is 2. The molecule has 0 spiro atoms. The lowest BCUT2D eigenvalue weighted by atomic mass is 9.33. The Balaban J connectivity index is 1.31. The van der Waals surface area contributed by atoms with Crippen LogP contribution in [-0.2, 0) is 26.2 Å². The van der Waals surface area contributed by atoms with Crippen molar-refractivity contribution in [2.45, 2.75) is 125 Å². The van der Waals surface area contributed by atoms with Crippen LogP contribution in [0.2, 0.25) is 0 Å². The van der Waals surface area contributed by atoms with E-state index in [2.05, 4.69) is 89.1 Å². The number of nitrogens with one attached hydrogen (secondary N) is 2. The Morgan fingerprint density at radius 2 is 1.67 bits per heavy atom. The summed E-state index contributed by atoms with van der Waals surface area (Å²) in [6.45, 7) is 19.4. The molecule has 0 unspecified atom stereocenters. The molecular formula is C40H56N2O3. The molecular weight excluding hydrogens is 556 g/mol. The summed E-state index contributed by atoms with van der Waals surface area (Å²) in [5.41, 5.74) is 6.05. The summed E-state index contributed by atoms with van der Waals surface area (Å²) in [5, 5.41) is 4.53. The van der Waals surface area contributed by atoms with E-state index in [9.17, 15) is 9.59 Å². The Hall–Kier alpha value is -2.56. The predicted octanol–water partition coefficient (Wildman–Crippen LogP) is 8.66. The Morgan fingerprint density at radius 1 is 0.956 bits per heavy atom. The number of aromatic amines is 1. The average molecular weight is 613 g/mol. The first-order valence-corrected chi connectivity index (χ1v) is 17.7. The molecule has 1 aromatic carbocycles. The average Bonchev–Trinajstić information content (AvgIpc) is 3.35. The van der Waals surface area contributed by atoms with Crippen LogP contribution in [0.4, 0.5) is 0 Å². The van der Waals surface area contributed by atoms with E-state index in [1.807, 2.05) is 0 Å². The van der Waals surface area contributed by atoms with E-state index in [1.165, 1.54) is 36.5 Å². The quantitative estimate of drug-likeness (QED) is 0.269. The third-order valence-electron chi connectivity index (χ3n) is 15.1. The fraction of sp³-hybridized carbons (Fsp3) is 0.700. The van der Waals surface area contributed by atoms with Gasteiger partial charge in [0.2, 0.25) is 5.91 Å². The number of benzene rings is 1. The van der Waals surface area contributed by atoms with Crippen molar-refractivity contribution in [3.05, 3.63) is 47.2 Å². The van der Waals surface area contributed by atoms with Crippen molar-refractivity contribution in [1.29, 1.82) is 0 Å². The third-order valence-corrected chi connectivity index (χ3v) is 15.1. The minimum absolute atomic E-state index is 0.0460. The number of esters is 1. The van der Waals surface area contributed by atoms with Gasteiger partial charge < -0.3 is 15.0 Å². The van der Waals surface area contributed by atoms with Gasteiger partial charge in [-0.3, -0.25) is 4.79 Å². The number of H-pyrrole nitrogens is 1. The lowest BCUT2D eigenvalue weighted by Crippen LogP contribution is -2.65. The molecule has 2 aromatic rings. The second-order valence-electron chi connectivity index (χ2n) is 18.0. The number of rotatable bonds is 3. The number of carbonyl (C=O) groups excluding carboxylic acids is 2. The zero-order valence-electron chi connectivity index (χ0n) is 29.3. The summed E-state index contributed by atoms with van der Waals surface area (Å²) in [6, 6.07) is 8.29. The highest BCUT2D eigenvalue weighted by Gasteiger charge is 2.69. The van der Waals surface area contributed by atoms with Crippen molar-refractivity contribution >= 4 is 22.8 Å². The van der Waals surface area contributed by atoms with E-state index in [-0.39, 0.29) is 44.9 Å². The molecule has 45 heavy (non-hydrogen) atoms. The molecule has 7 rings (SSSR count). The summed E-state index contributed by atoms with van der Waals surface area (Å²) >= 11 is 0. The maximum absolute atomic E-state index is 14.3. The monoisotopic (exact) mass is 612 g/mol. The zero-order chi connectivity index (χ0) is 32.4. The van der Waals surface area contributed by atoms with Crippen LogP contribution in [-0.4, -0.2) is 30.0 Å². The van der Waals surface area contributed by atoms with Crippen molar-refractivity contribution in [1.82, 2.24) is 10.3 Å². The molecule has 0 saturated heterocycles. The van der Waals surface area contributed by atoms with Gasteiger partial charge in [0.15, 0.2) is 0 Å². The number of hydrogen-bond acceptors (Lipinski definition) is 3. The first-order chi connectivity index (χ1) is 21.0. The summed E-state index contributed by atoms with van der Waals surface area (Å²) < 4.78 is 4.98. The van der Waals surface area contributed by atoms with Crippen LogP contribution >= 0.6 is 0 Å². The first-order valence-electron chi connectivity index (χ1n) is 17.7. The Bertz CT molecular complexity index is 1600. The largest absolute Gasteiger partial charge is 0.467 e. The third kappa shape index (κ3) is 4.03. The zero-order valence-corrected chi connectivity index (χ0v) is 29.3. The van der Waals surface area contributed by atoms with Gasteiger partial charge in [-0.05, 0) is 116 Å². The molecule has 1 amide bonds. The van der Waals surface area contributed by atoms with Crippen molar-refractivity contribution < 1.29 is 14.3 Å². The van der Waals surface area contributed by atoms with Gasteiger partial charge in [-0.2, -0.15) is 0 Å².